The Bertz CT molecular complexity index is 908. The molecule has 3 aromatic rings. The molecule has 0 aliphatic carbocycles. The molecule has 0 aliphatic rings. The lowest BCUT2D eigenvalue weighted by Gasteiger charge is -2.10. The van der Waals surface area contributed by atoms with Gasteiger partial charge in [-0.15, -0.1) is 5.10 Å². The maximum atomic E-state index is 12.4. The minimum Gasteiger partial charge on any atom is -0.494 e. The number of nitrogens with one attached hydrogen (secondary N) is 1. The second kappa shape index (κ2) is 6.74. The highest BCUT2D eigenvalue weighted by molar-refractivity contribution is 6.05. The van der Waals surface area contributed by atoms with Crippen molar-refractivity contribution in [1.82, 2.24) is 20.2 Å². The van der Waals surface area contributed by atoms with Gasteiger partial charge in [0.15, 0.2) is 0 Å². The lowest BCUT2D eigenvalue weighted by Crippen LogP contribution is -2.13. The largest absolute Gasteiger partial charge is 0.494 e. The number of non-ortho nitro benzene ring substituents is 1. The third kappa shape index (κ3) is 3.42. The first-order chi connectivity index (χ1) is 12.1. The van der Waals surface area contributed by atoms with E-state index >= 15 is 0 Å². The lowest BCUT2D eigenvalue weighted by atomic mass is 10.2. The lowest BCUT2D eigenvalue weighted by molar-refractivity contribution is -0.384. The number of rotatable bonds is 5. The number of nitro groups is 1. The van der Waals surface area contributed by atoms with Crippen molar-refractivity contribution in [3.8, 4) is 11.4 Å². The fraction of sp³-hybridized carbons (Fsp3) is 0.0667. The van der Waals surface area contributed by atoms with Crippen molar-refractivity contribution >= 4 is 17.3 Å². The number of amides is 1. The smallest absolute Gasteiger partial charge is 0.273 e. The molecule has 0 saturated carbocycles. The van der Waals surface area contributed by atoms with Gasteiger partial charge in [0, 0.05) is 11.6 Å². The molecule has 0 aliphatic heterocycles. The summed E-state index contributed by atoms with van der Waals surface area (Å²) in [7, 11) is 1.37. The molecule has 0 radical (unpaired) electrons. The molecule has 1 heterocycles. The highest BCUT2D eigenvalue weighted by atomic mass is 16.6. The minimum atomic E-state index is -0.536. The number of nitro benzene ring substituents is 1. The minimum absolute atomic E-state index is 0.124. The molecule has 1 amide bonds. The molecular formula is C15H12N6O4. The van der Waals surface area contributed by atoms with Crippen LogP contribution in [0.25, 0.3) is 5.69 Å². The van der Waals surface area contributed by atoms with E-state index in [2.05, 4.69) is 20.8 Å². The van der Waals surface area contributed by atoms with Crippen LogP contribution in [-0.2, 0) is 0 Å². The number of hydrogen-bond acceptors (Lipinski definition) is 7. The number of methoxy groups -OCH3 is 1. The first-order valence-corrected chi connectivity index (χ1v) is 7.05. The molecule has 1 aromatic heterocycles. The van der Waals surface area contributed by atoms with Gasteiger partial charge in [-0.05, 0) is 40.8 Å². The third-order valence-corrected chi connectivity index (χ3v) is 3.39. The molecule has 3 rings (SSSR count). The Hall–Kier alpha value is -3.82. The van der Waals surface area contributed by atoms with Gasteiger partial charge in [0.25, 0.3) is 11.6 Å². The van der Waals surface area contributed by atoms with Crippen molar-refractivity contribution in [2.24, 2.45) is 0 Å². The number of carbonyl (C=O) groups is 1. The monoisotopic (exact) mass is 340 g/mol. The van der Waals surface area contributed by atoms with Crippen molar-refractivity contribution in [3.63, 3.8) is 0 Å². The Labute approximate surface area is 141 Å². The zero-order valence-corrected chi connectivity index (χ0v) is 13.0. The molecule has 10 heteroatoms. The quantitative estimate of drug-likeness (QED) is 0.555. The summed E-state index contributed by atoms with van der Waals surface area (Å²) in [5, 5.41) is 24.3. The molecule has 1 N–H and O–H groups in total. The number of benzene rings is 2. The SMILES string of the molecule is COc1cc([N+](=O)[O-])ccc1NC(=O)c1ccc(-n2cnnn2)cc1. The molecule has 0 fully saturated rings. The zero-order chi connectivity index (χ0) is 17.8. The summed E-state index contributed by atoms with van der Waals surface area (Å²) in [6, 6.07) is 10.6. The Morgan fingerprint density at radius 1 is 1.24 bits per heavy atom. The van der Waals surface area contributed by atoms with Crippen LogP contribution < -0.4 is 10.1 Å². The Balaban J connectivity index is 1.79. The van der Waals surface area contributed by atoms with Crippen molar-refractivity contribution in [3.05, 3.63) is 64.5 Å². The van der Waals surface area contributed by atoms with E-state index in [0.717, 1.165) is 0 Å². The molecule has 25 heavy (non-hydrogen) atoms. The number of carbonyl (C=O) groups excluding carboxylic acids is 1. The van der Waals surface area contributed by atoms with Crippen molar-refractivity contribution in [1.29, 1.82) is 0 Å². The second-order valence-electron chi connectivity index (χ2n) is 4.90. The number of ether oxygens (including phenoxy) is 1. The maximum absolute atomic E-state index is 12.4. The number of hydrogen-bond donors (Lipinski definition) is 1. The van der Waals surface area contributed by atoms with Crippen LogP contribution in [0.3, 0.4) is 0 Å². The highest BCUT2D eigenvalue weighted by Gasteiger charge is 2.14. The van der Waals surface area contributed by atoms with Gasteiger partial charge < -0.3 is 10.1 Å². The van der Waals surface area contributed by atoms with E-state index < -0.39 is 4.92 Å². The summed E-state index contributed by atoms with van der Waals surface area (Å²) in [6.45, 7) is 0. The van der Waals surface area contributed by atoms with E-state index in [9.17, 15) is 14.9 Å². The average molecular weight is 340 g/mol. The van der Waals surface area contributed by atoms with Gasteiger partial charge in [-0.25, -0.2) is 4.68 Å². The third-order valence-electron chi connectivity index (χ3n) is 3.39. The summed E-state index contributed by atoms with van der Waals surface area (Å²) in [5.74, 6) is -0.178. The van der Waals surface area contributed by atoms with Crippen LogP contribution in [0.5, 0.6) is 5.75 Å². The van der Waals surface area contributed by atoms with Crippen LogP contribution >= 0.6 is 0 Å². The van der Waals surface area contributed by atoms with E-state index in [1.807, 2.05) is 0 Å². The Morgan fingerprint density at radius 3 is 2.60 bits per heavy atom. The highest BCUT2D eigenvalue weighted by Crippen LogP contribution is 2.29. The van der Waals surface area contributed by atoms with Gasteiger partial charge in [0.05, 0.1) is 29.5 Å². The van der Waals surface area contributed by atoms with Crippen LogP contribution in [0.1, 0.15) is 10.4 Å². The molecule has 0 unspecified atom stereocenters. The molecule has 0 spiro atoms. The summed E-state index contributed by atoms with van der Waals surface area (Å²) in [5.41, 5.74) is 1.31. The van der Waals surface area contributed by atoms with E-state index in [1.165, 1.54) is 36.3 Å². The zero-order valence-electron chi connectivity index (χ0n) is 13.0. The van der Waals surface area contributed by atoms with Gasteiger partial charge >= 0.3 is 0 Å². The fourth-order valence-corrected chi connectivity index (χ4v) is 2.14. The summed E-state index contributed by atoms with van der Waals surface area (Å²) < 4.78 is 6.56. The predicted molar refractivity (Wildman–Crippen MR) is 86.8 cm³/mol. The maximum Gasteiger partial charge on any atom is 0.273 e. The van der Waals surface area contributed by atoms with E-state index in [0.29, 0.717) is 16.9 Å². The summed E-state index contributed by atoms with van der Waals surface area (Å²) in [4.78, 5) is 22.6. The first kappa shape index (κ1) is 16.1. The molecule has 10 nitrogen and oxygen atoms in total. The number of tetrazole rings is 1. The summed E-state index contributed by atoms with van der Waals surface area (Å²) in [6.07, 6.45) is 1.44. The van der Waals surface area contributed by atoms with Crippen LogP contribution in [0.15, 0.2) is 48.8 Å². The molecular weight excluding hydrogens is 328 g/mol. The van der Waals surface area contributed by atoms with Gasteiger partial charge in [-0.1, -0.05) is 0 Å². The Kier molecular flexibility index (Phi) is 4.33. The van der Waals surface area contributed by atoms with Gasteiger partial charge in [-0.2, -0.15) is 0 Å². The predicted octanol–water partition coefficient (Wildman–Crippen LogP) is 1.83. The Morgan fingerprint density at radius 2 is 2.00 bits per heavy atom. The van der Waals surface area contributed by atoms with Crippen molar-refractivity contribution < 1.29 is 14.5 Å². The normalized spacial score (nSPS) is 10.3. The fourth-order valence-electron chi connectivity index (χ4n) is 2.14. The van der Waals surface area contributed by atoms with E-state index in [1.54, 1.807) is 24.3 Å². The van der Waals surface area contributed by atoms with E-state index in [4.69, 9.17) is 4.74 Å². The van der Waals surface area contributed by atoms with Crippen molar-refractivity contribution in [2.45, 2.75) is 0 Å². The molecule has 2 aromatic carbocycles. The van der Waals surface area contributed by atoms with Gasteiger partial charge in [-0.3, -0.25) is 14.9 Å². The van der Waals surface area contributed by atoms with Crippen LogP contribution in [0.4, 0.5) is 11.4 Å². The number of nitrogens with zero attached hydrogens (tertiary/aromatic N) is 5. The van der Waals surface area contributed by atoms with Gasteiger partial charge in [0.2, 0.25) is 0 Å². The average Bonchev–Trinajstić information content (AvgIpc) is 3.16. The van der Waals surface area contributed by atoms with Gasteiger partial charge in [0.1, 0.15) is 12.1 Å². The van der Waals surface area contributed by atoms with Crippen LogP contribution in [-0.4, -0.2) is 38.1 Å². The van der Waals surface area contributed by atoms with Crippen LogP contribution in [0, 0.1) is 10.1 Å². The van der Waals surface area contributed by atoms with E-state index in [-0.39, 0.29) is 17.3 Å². The number of aromatic nitrogens is 4. The van der Waals surface area contributed by atoms with Crippen LogP contribution in [0.2, 0.25) is 0 Å². The molecule has 0 saturated heterocycles. The first-order valence-electron chi connectivity index (χ1n) is 7.05. The molecule has 0 bridgehead atoms. The van der Waals surface area contributed by atoms with Crippen molar-refractivity contribution in [2.75, 3.05) is 12.4 Å². The molecule has 126 valence electrons. The summed E-state index contributed by atoms with van der Waals surface area (Å²) >= 11 is 0. The topological polar surface area (TPSA) is 125 Å². The second-order valence-corrected chi connectivity index (χ2v) is 4.90. The number of anilines is 1. The standard InChI is InChI=1S/C15H12N6O4/c1-25-14-8-12(21(23)24)6-7-13(14)17-15(22)10-2-4-11(5-3-10)20-9-16-18-19-20/h2-9H,1H3,(H,17,22). The molecule has 0 atom stereocenters.